The van der Waals surface area contributed by atoms with Gasteiger partial charge in [0.15, 0.2) is 0 Å². The van der Waals surface area contributed by atoms with Crippen molar-refractivity contribution in [2.24, 2.45) is 0 Å². The van der Waals surface area contributed by atoms with Crippen molar-refractivity contribution in [3.8, 4) is 5.75 Å². The Balaban J connectivity index is 1.65. The predicted octanol–water partition coefficient (Wildman–Crippen LogP) is 2.37. The fourth-order valence-electron chi connectivity index (χ4n) is 2.59. The van der Waals surface area contributed by atoms with Crippen LogP contribution in [0.25, 0.3) is 0 Å². The molecule has 0 atom stereocenters. The highest BCUT2D eigenvalue weighted by atomic mass is 32.1. The molecule has 21 heavy (non-hydrogen) atoms. The molecule has 2 heterocycles. The van der Waals surface area contributed by atoms with Crippen LogP contribution in [0.2, 0.25) is 0 Å². The van der Waals surface area contributed by atoms with Gasteiger partial charge in [-0.3, -0.25) is 0 Å². The number of nitrogens with zero attached hydrogens (tertiary/aromatic N) is 3. The third-order valence-corrected chi connectivity index (χ3v) is 4.97. The van der Waals surface area contributed by atoms with E-state index < -0.39 is 0 Å². The summed E-state index contributed by atoms with van der Waals surface area (Å²) in [4.78, 5) is 4.78. The van der Waals surface area contributed by atoms with Crippen LogP contribution >= 0.6 is 11.5 Å². The summed E-state index contributed by atoms with van der Waals surface area (Å²) in [7, 11) is 1.69. The van der Waals surface area contributed by atoms with Gasteiger partial charge in [0.2, 0.25) is 0 Å². The Bertz CT molecular complexity index is 603. The lowest BCUT2D eigenvalue weighted by atomic mass is 10.2. The van der Waals surface area contributed by atoms with Crippen LogP contribution in [0.4, 0.5) is 16.5 Å². The number of benzene rings is 1. The summed E-state index contributed by atoms with van der Waals surface area (Å²) >= 11 is 1.50. The van der Waals surface area contributed by atoms with Crippen LogP contribution in [-0.2, 0) is 0 Å². The van der Waals surface area contributed by atoms with E-state index in [4.69, 9.17) is 10.5 Å². The molecule has 0 aliphatic carbocycles. The van der Waals surface area contributed by atoms with Gasteiger partial charge in [0.1, 0.15) is 16.6 Å². The summed E-state index contributed by atoms with van der Waals surface area (Å²) in [6, 6.07) is 8.25. The lowest BCUT2D eigenvalue weighted by Gasteiger charge is -2.36. The first-order valence-corrected chi connectivity index (χ1v) is 7.82. The standard InChI is InChI=1S/C15H20N4OS/c1-11-14(16)17-21-15(11)19-9-7-18(8-10-19)12-3-5-13(20-2)6-4-12/h3-6H,7-10H2,1-2H3,(H2,16,17). The first-order valence-electron chi connectivity index (χ1n) is 7.04. The van der Waals surface area contributed by atoms with Crippen molar-refractivity contribution in [2.75, 3.05) is 48.8 Å². The fraction of sp³-hybridized carbons (Fsp3) is 0.400. The lowest BCUT2D eigenvalue weighted by Crippen LogP contribution is -2.46. The molecule has 1 aliphatic heterocycles. The topological polar surface area (TPSA) is 54.6 Å². The third kappa shape index (κ3) is 2.76. The molecule has 2 N–H and O–H groups in total. The molecule has 2 aromatic rings. The predicted molar refractivity (Wildman–Crippen MR) is 88.7 cm³/mol. The molecule has 1 saturated heterocycles. The summed E-state index contributed by atoms with van der Waals surface area (Å²) in [5, 5.41) is 1.21. The van der Waals surface area contributed by atoms with Crippen LogP contribution in [0.3, 0.4) is 0 Å². The molecule has 1 aliphatic rings. The molecule has 1 aromatic carbocycles. The van der Waals surface area contributed by atoms with Crippen molar-refractivity contribution < 1.29 is 4.74 Å². The summed E-state index contributed by atoms with van der Waals surface area (Å²) in [5.41, 5.74) is 8.20. The monoisotopic (exact) mass is 304 g/mol. The van der Waals surface area contributed by atoms with Crippen molar-refractivity contribution in [3.63, 3.8) is 0 Å². The SMILES string of the molecule is COc1ccc(N2CCN(c3snc(N)c3C)CC2)cc1. The summed E-state index contributed by atoms with van der Waals surface area (Å²) in [5.74, 6) is 1.56. The van der Waals surface area contributed by atoms with Gasteiger partial charge in [-0.25, -0.2) is 0 Å². The molecule has 0 radical (unpaired) electrons. The van der Waals surface area contributed by atoms with Crippen LogP contribution in [0, 0.1) is 6.92 Å². The van der Waals surface area contributed by atoms with E-state index in [-0.39, 0.29) is 0 Å². The number of nitrogen functional groups attached to an aromatic ring is 1. The molecule has 3 rings (SSSR count). The van der Waals surface area contributed by atoms with E-state index in [0.29, 0.717) is 5.82 Å². The molecule has 0 amide bonds. The second kappa shape index (κ2) is 5.81. The van der Waals surface area contributed by atoms with Crippen molar-refractivity contribution in [1.82, 2.24) is 4.37 Å². The minimum atomic E-state index is 0.660. The van der Waals surface area contributed by atoms with Crippen LogP contribution in [0.15, 0.2) is 24.3 Å². The number of aromatic nitrogens is 1. The molecule has 0 unspecified atom stereocenters. The zero-order chi connectivity index (χ0) is 14.8. The van der Waals surface area contributed by atoms with Crippen LogP contribution < -0.4 is 20.3 Å². The first-order chi connectivity index (χ1) is 10.2. The van der Waals surface area contributed by atoms with E-state index in [9.17, 15) is 0 Å². The summed E-state index contributed by atoms with van der Waals surface area (Å²) in [6.07, 6.45) is 0. The number of hydrogen-bond acceptors (Lipinski definition) is 6. The zero-order valence-corrected chi connectivity index (χ0v) is 13.2. The van der Waals surface area contributed by atoms with Gasteiger partial charge in [0.05, 0.1) is 7.11 Å². The molecule has 0 saturated carbocycles. The van der Waals surface area contributed by atoms with Crippen LogP contribution in [0.5, 0.6) is 5.75 Å². The number of piperazine rings is 1. The molecule has 0 bridgehead atoms. The number of nitrogens with two attached hydrogens (primary N) is 1. The third-order valence-electron chi connectivity index (χ3n) is 3.94. The van der Waals surface area contributed by atoms with Gasteiger partial charge in [-0.1, -0.05) is 0 Å². The van der Waals surface area contributed by atoms with Crippen molar-refractivity contribution in [3.05, 3.63) is 29.8 Å². The van der Waals surface area contributed by atoms with E-state index in [1.165, 1.54) is 22.2 Å². The Morgan fingerprint density at radius 1 is 1.10 bits per heavy atom. The number of hydrogen-bond donors (Lipinski definition) is 1. The van der Waals surface area contributed by atoms with E-state index in [1.54, 1.807) is 7.11 Å². The molecule has 0 spiro atoms. The van der Waals surface area contributed by atoms with Crippen LogP contribution in [0.1, 0.15) is 5.56 Å². The maximum Gasteiger partial charge on any atom is 0.142 e. The Kier molecular flexibility index (Phi) is 3.88. The summed E-state index contributed by atoms with van der Waals surface area (Å²) in [6.45, 7) is 6.04. The number of rotatable bonds is 3. The van der Waals surface area contributed by atoms with Crippen molar-refractivity contribution in [1.29, 1.82) is 0 Å². The Labute approximate surface area is 129 Å². The maximum atomic E-state index is 5.84. The maximum absolute atomic E-state index is 5.84. The van der Waals surface area contributed by atoms with Crippen LogP contribution in [-0.4, -0.2) is 37.7 Å². The molecule has 6 heteroatoms. The van der Waals surface area contributed by atoms with Gasteiger partial charge in [-0.2, -0.15) is 4.37 Å². The van der Waals surface area contributed by atoms with Crippen molar-refractivity contribution in [2.45, 2.75) is 6.92 Å². The van der Waals surface area contributed by atoms with Gasteiger partial charge in [0.25, 0.3) is 0 Å². The molecule has 112 valence electrons. The summed E-state index contributed by atoms with van der Waals surface area (Å²) < 4.78 is 9.44. The van der Waals surface area contributed by atoms with Gasteiger partial charge < -0.3 is 20.3 Å². The fourth-order valence-corrected chi connectivity index (χ4v) is 3.46. The van der Waals surface area contributed by atoms with Gasteiger partial charge in [-0.05, 0) is 42.7 Å². The normalized spacial score (nSPS) is 15.3. The minimum absolute atomic E-state index is 0.660. The second-order valence-electron chi connectivity index (χ2n) is 5.17. The average Bonchev–Trinajstić information content (AvgIpc) is 2.87. The Hall–Kier alpha value is -1.95. The minimum Gasteiger partial charge on any atom is -0.497 e. The molecule has 1 fully saturated rings. The Morgan fingerprint density at radius 2 is 1.71 bits per heavy atom. The lowest BCUT2D eigenvalue weighted by molar-refractivity contribution is 0.415. The van der Waals surface area contributed by atoms with E-state index >= 15 is 0 Å². The first kappa shape index (κ1) is 14.0. The smallest absolute Gasteiger partial charge is 0.142 e. The molecular weight excluding hydrogens is 284 g/mol. The highest BCUT2D eigenvalue weighted by Crippen LogP contribution is 2.31. The Morgan fingerprint density at radius 3 is 2.24 bits per heavy atom. The zero-order valence-electron chi connectivity index (χ0n) is 12.4. The number of ether oxygens (including phenoxy) is 1. The van der Waals surface area contributed by atoms with E-state index in [1.807, 2.05) is 19.1 Å². The van der Waals surface area contributed by atoms with Crippen molar-refractivity contribution >= 4 is 28.0 Å². The molecular formula is C15H20N4OS. The highest BCUT2D eigenvalue weighted by Gasteiger charge is 2.21. The molecule has 1 aromatic heterocycles. The second-order valence-corrected chi connectivity index (χ2v) is 5.92. The number of methoxy groups -OCH3 is 1. The van der Waals surface area contributed by atoms with E-state index in [2.05, 4.69) is 26.3 Å². The average molecular weight is 304 g/mol. The molecule has 5 nitrogen and oxygen atoms in total. The largest absolute Gasteiger partial charge is 0.497 e. The van der Waals surface area contributed by atoms with Gasteiger partial charge in [-0.15, -0.1) is 0 Å². The van der Waals surface area contributed by atoms with E-state index in [0.717, 1.165) is 37.5 Å². The number of anilines is 3. The quantitative estimate of drug-likeness (QED) is 0.943. The highest BCUT2D eigenvalue weighted by molar-refractivity contribution is 7.10. The van der Waals surface area contributed by atoms with Gasteiger partial charge in [0, 0.05) is 37.4 Å². The van der Waals surface area contributed by atoms with Gasteiger partial charge >= 0.3 is 0 Å².